The van der Waals surface area contributed by atoms with Crippen LogP contribution in [0.5, 0.6) is 0 Å². The summed E-state index contributed by atoms with van der Waals surface area (Å²) in [5, 5.41) is 2.45. The van der Waals surface area contributed by atoms with Crippen LogP contribution in [0.25, 0.3) is 10.8 Å². The standard InChI is InChI=1S/C17H14ClFN2/c18-15-6-3-7-16(19)13(15)8-17(20)14-10-21-9-11-4-1-2-5-12(11)14/h1-7,9-10,17H,8,20H2. The minimum absolute atomic E-state index is 0.328. The number of hydrogen-bond donors (Lipinski definition) is 1. The molecule has 2 N–H and O–H groups in total. The van der Waals surface area contributed by atoms with Gasteiger partial charge in [-0.3, -0.25) is 4.98 Å². The van der Waals surface area contributed by atoms with Crippen molar-refractivity contribution in [2.45, 2.75) is 12.5 Å². The molecule has 2 nitrogen and oxygen atoms in total. The number of nitrogens with two attached hydrogens (primary N) is 1. The normalized spacial score (nSPS) is 12.5. The van der Waals surface area contributed by atoms with Crippen LogP contribution < -0.4 is 5.73 Å². The summed E-state index contributed by atoms with van der Waals surface area (Å²) in [7, 11) is 0. The first-order chi connectivity index (χ1) is 10.2. The maximum Gasteiger partial charge on any atom is 0.127 e. The van der Waals surface area contributed by atoms with Gasteiger partial charge in [-0.05, 0) is 29.5 Å². The Morgan fingerprint density at radius 1 is 1.10 bits per heavy atom. The third-order valence-corrected chi connectivity index (χ3v) is 3.94. The fourth-order valence-electron chi connectivity index (χ4n) is 2.49. The highest BCUT2D eigenvalue weighted by atomic mass is 35.5. The summed E-state index contributed by atoms with van der Waals surface area (Å²) < 4.78 is 13.9. The summed E-state index contributed by atoms with van der Waals surface area (Å²) in [6.07, 6.45) is 3.87. The van der Waals surface area contributed by atoms with Crippen LogP contribution in [0.2, 0.25) is 5.02 Å². The van der Waals surface area contributed by atoms with Crippen molar-refractivity contribution in [1.82, 2.24) is 4.98 Å². The topological polar surface area (TPSA) is 38.9 Å². The molecule has 0 radical (unpaired) electrons. The number of rotatable bonds is 3. The molecule has 1 heterocycles. The van der Waals surface area contributed by atoms with Gasteiger partial charge in [0.2, 0.25) is 0 Å². The Hall–Kier alpha value is -1.97. The molecule has 3 rings (SSSR count). The van der Waals surface area contributed by atoms with Gasteiger partial charge < -0.3 is 5.73 Å². The van der Waals surface area contributed by atoms with Gasteiger partial charge in [0.1, 0.15) is 5.82 Å². The fourth-order valence-corrected chi connectivity index (χ4v) is 2.73. The number of fused-ring (bicyclic) bond motifs is 1. The quantitative estimate of drug-likeness (QED) is 0.784. The minimum atomic E-state index is -0.363. The first-order valence-electron chi connectivity index (χ1n) is 6.68. The van der Waals surface area contributed by atoms with E-state index in [0.29, 0.717) is 17.0 Å². The highest BCUT2D eigenvalue weighted by molar-refractivity contribution is 6.31. The van der Waals surface area contributed by atoms with Gasteiger partial charge in [0.15, 0.2) is 0 Å². The molecule has 1 aromatic heterocycles. The number of halogens is 2. The largest absolute Gasteiger partial charge is 0.324 e. The second-order valence-corrected chi connectivity index (χ2v) is 5.37. The number of pyridine rings is 1. The third-order valence-electron chi connectivity index (χ3n) is 3.58. The molecular weight excluding hydrogens is 287 g/mol. The molecule has 21 heavy (non-hydrogen) atoms. The number of benzene rings is 2. The van der Waals surface area contributed by atoms with Crippen molar-refractivity contribution >= 4 is 22.4 Å². The van der Waals surface area contributed by atoms with Crippen LogP contribution in [-0.4, -0.2) is 4.98 Å². The molecule has 3 aromatic rings. The zero-order chi connectivity index (χ0) is 14.8. The van der Waals surface area contributed by atoms with Crippen molar-refractivity contribution in [1.29, 1.82) is 0 Å². The zero-order valence-corrected chi connectivity index (χ0v) is 12.0. The predicted molar refractivity (Wildman–Crippen MR) is 83.8 cm³/mol. The van der Waals surface area contributed by atoms with Gasteiger partial charge in [0.05, 0.1) is 0 Å². The second-order valence-electron chi connectivity index (χ2n) is 4.96. The molecule has 1 atom stereocenters. The van der Waals surface area contributed by atoms with Crippen molar-refractivity contribution in [2.24, 2.45) is 5.73 Å². The van der Waals surface area contributed by atoms with Gasteiger partial charge in [-0.2, -0.15) is 0 Å². The Balaban J connectivity index is 2.00. The van der Waals surface area contributed by atoms with E-state index in [9.17, 15) is 4.39 Å². The van der Waals surface area contributed by atoms with Crippen LogP contribution in [0.1, 0.15) is 17.2 Å². The molecule has 0 fully saturated rings. The first-order valence-corrected chi connectivity index (χ1v) is 7.05. The highest BCUT2D eigenvalue weighted by Crippen LogP contribution is 2.27. The first kappa shape index (κ1) is 14.0. The molecule has 1 unspecified atom stereocenters. The van der Waals surface area contributed by atoms with Gasteiger partial charge in [0.25, 0.3) is 0 Å². The van der Waals surface area contributed by atoms with Crippen LogP contribution >= 0.6 is 11.6 Å². The molecule has 0 bridgehead atoms. The fraction of sp³-hybridized carbons (Fsp3) is 0.118. The molecule has 2 aromatic carbocycles. The average molecular weight is 301 g/mol. The van der Waals surface area contributed by atoms with E-state index in [1.54, 1.807) is 24.5 Å². The number of aromatic nitrogens is 1. The maximum atomic E-state index is 13.9. The summed E-state index contributed by atoms with van der Waals surface area (Å²) >= 11 is 6.07. The number of hydrogen-bond acceptors (Lipinski definition) is 2. The molecule has 0 aliphatic heterocycles. The molecule has 4 heteroatoms. The van der Waals surface area contributed by atoms with Gasteiger partial charge >= 0.3 is 0 Å². The molecule has 0 spiro atoms. The van der Waals surface area contributed by atoms with E-state index in [0.717, 1.165) is 16.3 Å². The van der Waals surface area contributed by atoms with E-state index >= 15 is 0 Å². The maximum absolute atomic E-state index is 13.9. The zero-order valence-electron chi connectivity index (χ0n) is 11.3. The lowest BCUT2D eigenvalue weighted by Crippen LogP contribution is -2.15. The second kappa shape index (κ2) is 5.80. The van der Waals surface area contributed by atoms with E-state index in [2.05, 4.69) is 4.98 Å². The van der Waals surface area contributed by atoms with Crippen molar-refractivity contribution in [2.75, 3.05) is 0 Å². The molecule has 106 valence electrons. The monoisotopic (exact) mass is 300 g/mol. The number of nitrogens with zero attached hydrogens (tertiary/aromatic N) is 1. The van der Waals surface area contributed by atoms with Crippen LogP contribution in [0, 0.1) is 5.82 Å². The van der Waals surface area contributed by atoms with Crippen molar-refractivity contribution in [3.05, 3.63) is 76.8 Å². The predicted octanol–water partition coefficient (Wildman–Crippen LogP) is 4.27. The van der Waals surface area contributed by atoms with E-state index in [-0.39, 0.29) is 11.9 Å². The van der Waals surface area contributed by atoms with Crippen LogP contribution in [0.15, 0.2) is 54.9 Å². The van der Waals surface area contributed by atoms with Crippen LogP contribution in [0.3, 0.4) is 0 Å². The van der Waals surface area contributed by atoms with E-state index in [4.69, 9.17) is 17.3 Å². The van der Waals surface area contributed by atoms with E-state index in [1.807, 2.05) is 24.3 Å². The summed E-state index contributed by atoms with van der Waals surface area (Å²) in [6.45, 7) is 0. The minimum Gasteiger partial charge on any atom is -0.324 e. The van der Waals surface area contributed by atoms with E-state index in [1.165, 1.54) is 6.07 Å². The van der Waals surface area contributed by atoms with Gasteiger partial charge in [-0.15, -0.1) is 0 Å². The smallest absolute Gasteiger partial charge is 0.127 e. The van der Waals surface area contributed by atoms with Gasteiger partial charge in [-0.25, -0.2) is 4.39 Å². The van der Waals surface area contributed by atoms with Gasteiger partial charge in [0, 0.05) is 34.4 Å². The Morgan fingerprint density at radius 3 is 2.71 bits per heavy atom. The SMILES string of the molecule is NC(Cc1c(F)cccc1Cl)c1cncc2ccccc12. The summed E-state index contributed by atoms with van der Waals surface area (Å²) in [5.74, 6) is -0.328. The van der Waals surface area contributed by atoms with E-state index < -0.39 is 0 Å². The van der Waals surface area contributed by atoms with Crippen molar-refractivity contribution in [3.63, 3.8) is 0 Å². The molecule has 0 aliphatic carbocycles. The lowest BCUT2D eigenvalue weighted by Gasteiger charge is -2.15. The molecule has 0 saturated carbocycles. The Kier molecular flexibility index (Phi) is 3.86. The highest BCUT2D eigenvalue weighted by Gasteiger charge is 2.15. The summed E-state index contributed by atoms with van der Waals surface area (Å²) in [5.41, 5.74) is 7.61. The van der Waals surface area contributed by atoms with Crippen LogP contribution in [-0.2, 0) is 6.42 Å². The molecular formula is C17H14ClFN2. The Labute approximate surface area is 127 Å². The molecule has 0 aliphatic rings. The molecule has 0 amide bonds. The average Bonchev–Trinajstić information content (AvgIpc) is 2.50. The summed E-state index contributed by atoms with van der Waals surface area (Å²) in [6, 6.07) is 12.2. The third kappa shape index (κ3) is 2.75. The molecule has 0 saturated heterocycles. The summed E-state index contributed by atoms with van der Waals surface area (Å²) in [4.78, 5) is 4.21. The lowest BCUT2D eigenvalue weighted by atomic mass is 9.96. The van der Waals surface area contributed by atoms with Crippen LogP contribution in [0.4, 0.5) is 4.39 Å². The van der Waals surface area contributed by atoms with Crippen molar-refractivity contribution < 1.29 is 4.39 Å². The van der Waals surface area contributed by atoms with Gasteiger partial charge in [-0.1, -0.05) is 41.9 Å². The van der Waals surface area contributed by atoms with Crippen molar-refractivity contribution in [3.8, 4) is 0 Å². The Bertz CT molecular complexity index is 763. The lowest BCUT2D eigenvalue weighted by molar-refractivity contribution is 0.594. The Morgan fingerprint density at radius 2 is 1.90 bits per heavy atom.